The van der Waals surface area contributed by atoms with Crippen LogP contribution in [0, 0.1) is 0 Å². The largest absolute Gasteiger partial charge is 0.493 e. The molecule has 144 valence electrons. The van der Waals surface area contributed by atoms with Crippen molar-refractivity contribution in [1.82, 2.24) is 14.9 Å². The van der Waals surface area contributed by atoms with E-state index in [2.05, 4.69) is 9.97 Å². The molecule has 2 aromatic carbocycles. The highest BCUT2D eigenvalue weighted by molar-refractivity contribution is 8.00. The zero-order valence-corrected chi connectivity index (χ0v) is 16.5. The molecule has 7 heteroatoms. The molecule has 0 radical (unpaired) electrons. The second-order valence-electron chi connectivity index (χ2n) is 6.39. The van der Waals surface area contributed by atoms with Crippen LogP contribution in [0.1, 0.15) is 16.6 Å². The minimum absolute atomic E-state index is 0.0933. The Kier molecular flexibility index (Phi) is 5.25. The maximum absolute atomic E-state index is 12.6. The minimum Gasteiger partial charge on any atom is -0.493 e. The molecular weight excluding hydrogens is 374 g/mol. The average Bonchev–Trinajstić information content (AvgIpc) is 3.36. The molecule has 1 amide bonds. The summed E-state index contributed by atoms with van der Waals surface area (Å²) in [5, 5.41) is -0.117. The molecule has 1 fully saturated rings. The summed E-state index contributed by atoms with van der Waals surface area (Å²) in [4.78, 5) is 22.3. The van der Waals surface area contributed by atoms with Crippen LogP contribution in [-0.2, 0) is 11.3 Å². The number of para-hydroxylation sites is 1. The number of carbonyl (C=O) groups is 1. The fourth-order valence-electron chi connectivity index (χ4n) is 3.35. The summed E-state index contributed by atoms with van der Waals surface area (Å²) in [6.07, 6.45) is 1.81. The highest BCUT2D eigenvalue weighted by Crippen LogP contribution is 2.41. The van der Waals surface area contributed by atoms with Crippen molar-refractivity contribution in [2.75, 3.05) is 20.0 Å². The average molecular weight is 395 g/mol. The molecule has 1 saturated heterocycles. The van der Waals surface area contributed by atoms with Gasteiger partial charge in [0.15, 0.2) is 11.5 Å². The number of hydrogen-bond acceptors (Lipinski definition) is 5. The smallest absolute Gasteiger partial charge is 0.234 e. The fourth-order valence-corrected chi connectivity index (χ4v) is 4.49. The van der Waals surface area contributed by atoms with Gasteiger partial charge in [-0.3, -0.25) is 4.79 Å². The minimum atomic E-state index is -0.117. The number of aromatic nitrogens is 2. The van der Waals surface area contributed by atoms with Crippen LogP contribution in [0.5, 0.6) is 11.5 Å². The molecule has 3 aromatic rings. The number of nitrogens with zero attached hydrogens (tertiary/aromatic N) is 2. The van der Waals surface area contributed by atoms with Crippen LogP contribution >= 0.6 is 11.8 Å². The van der Waals surface area contributed by atoms with E-state index in [1.165, 1.54) is 0 Å². The van der Waals surface area contributed by atoms with E-state index in [0.717, 1.165) is 22.6 Å². The molecule has 0 spiro atoms. The SMILES string of the molecule is COc1cccc(CN2C(=O)CSC2c2cnc(-c3ccccc3)[nH]2)c1OC. The van der Waals surface area contributed by atoms with Crippen LogP contribution in [0.2, 0.25) is 0 Å². The Hall–Kier alpha value is -2.93. The quantitative estimate of drug-likeness (QED) is 0.686. The van der Waals surface area contributed by atoms with Gasteiger partial charge in [-0.25, -0.2) is 4.98 Å². The Balaban J connectivity index is 1.61. The molecule has 0 bridgehead atoms. The highest BCUT2D eigenvalue weighted by Gasteiger charge is 2.34. The van der Waals surface area contributed by atoms with Gasteiger partial charge in [0.1, 0.15) is 11.2 Å². The lowest BCUT2D eigenvalue weighted by molar-refractivity contribution is -0.128. The number of nitrogens with one attached hydrogen (secondary N) is 1. The predicted octanol–water partition coefficient (Wildman–Crippen LogP) is 3.87. The number of aromatic amines is 1. The number of thioether (sulfide) groups is 1. The van der Waals surface area contributed by atoms with Gasteiger partial charge in [-0.05, 0) is 6.07 Å². The van der Waals surface area contributed by atoms with Crippen LogP contribution < -0.4 is 9.47 Å². The zero-order valence-electron chi connectivity index (χ0n) is 15.7. The third kappa shape index (κ3) is 3.45. The summed E-state index contributed by atoms with van der Waals surface area (Å²) in [5.41, 5.74) is 2.84. The van der Waals surface area contributed by atoms with Crippen molar-refractivity contribution in [3.63, 3.8) is 0 Å². The monoisotopic (exact) mass is 395 g/mol. The van der Waals surface area contributed by atoms with Gasteiger partial charge in [-0.1, -0.05) is 42.5 Å². The van der Waals surface area contributed by atoms with E-state index in [1.807, 2.05) is 59.6 Å². The molecule has 1 unspecified atom stereocenters. The van der Waals surface area contributed by atoms with Crippen molar-refractivity contribution < 1.29 is 14.3 Å². The maximum Gasteiger partial charge on any atom is 0.234 e. The molecule has 28 heavy (non-hydrogen) atoms. The van der Waals surface area contributed by atoms with Gasteiger partial charge in [0, 0.05) is 11.1 Å². The first kappa shape index (κ1) is 18.4. The number of imidazole rings is 1. The molecule has 6 nitrogen and oxygen atoms in total. The number of methoxy groups -OCH3 is 2. The van der Waals surface area contributed by atoms with Gasteiger partial charge in [-0.15, -0.1) is 11.8 Å². The molecule has 2 heterocycles. The van der Waals surface area contributed by atoms with Gasteiger partial charge in [-0.2, -0.15) is 0 Å². The number of carbonyl (C=O) groups excluding carboxylic acids is 1. The first-order chi connectivity index (χ1) is 13.7. The fraction of sp³-hybridized carbons (Fsp3) is 0.238. The van der Waals surface area contributed by atoms with Gasteiger partial charge in [0.25, 0.3) is 0 Å². The van der Waals surface area contributed by atoms with E-state index in [-0.39, 0.29) is 11.3 Å². The van der Waals surface area contributed by atoms with Crippen molar-refractivity contribution in [1.29, 1.82) is 0 Å². The predicted molar refractivity (Wildman–Crippen MR) is 109 cm³/mol. The van der Waals surface area contributed by atoms with Gasteiger partial charge in [0.05, 0.1) is 38.4 Å². The van der Waals surface area contributed by atoms with Gasteiger partial charge in [0.2, 0.25) is 5.91 Å². The van der Waals surface area contributed by atoms with Gasteiger partial charge >= 0.3 is 0 Å². The van der Waals surface area contributed by atoms with E-state index < -0.39 is 0 Å². The molecule has 0 aliphatic carbocycles. The van der Waals surface area contributed by atoms with Crippen LogP contribution in [0.25, 0.3) is 11.4 Å². The Morgan fingerprint density at radius 2 is 1.96 bits per heavy atom. The number of rotatable bonds is 6. The maximum atomic E-state index is 12.6. The van der Waals surface area contributed by atoms with Crippen LogP contribution in [0.4, 0.5) is 0 Å². The lowest BCUT2D eigenvalue weighted by Gasteiger charge is -2.24. The number of H-pyrrole nitrogens is 1. The summed E-state index contributed by atoms with van der Waals surface area (Å²) in [6.45, 7) is 0.441. The Bertz CT molecular complexity index is 974. The first-order valence-electron chi connectivity index (χ1n) is 8.92. The van der Waals surface area contributed by atoms with E-state index in [4.69, 9.17) is 9.47 Å². The third-order valence-corrected chi connectivity index (χ3v) is 5.94. The molecule has 1 aromatic heterocycles. The lowest BCUT2D eigenvalue weighted by Crippen LogP contribution is -2.28. The molecule has 1 aliphatic heterocycles. The molecule has 1 aliphatic rings. The number of benzene rings is 2. The molecule has 0 saturated carbocycles. The molecule has 1 N–H and O–H groups in total. The highest BCUT2D eigenvalue weighted by atomic mass is 32.2. The second kappa shape index (κ2) is 7.98. The normalized spacial score (nSPS) is 16.4. The number of amides is 1. The number of ether oxygens (including phenoxy) is 2. The van der Waals surface area contributed by atoms with Crippen molar-refractivity contribution in [2.45, 2.75) is 11.9 Å². The van der Waals surface area contributed by atoms with Crippen LogP contribution in [-0.4, -0.2) is 40.7 Å². The van der Waals surface area contributed by atoms with Crippen LogP contribution in [0.15, 0.2) is 54.7 Å². The first-order valence-corrected chi connectivity index (χ1v) is 9.97. The Labute approximate surface area is 167 Å². The standard InChI is InChI=1S/C21H21N3O3S/c1-26-17-10-6-9-15(19(17)27-2)12-24-18(25)13-28-21(24)16-11-22-20(23-16)14-7-4-3-5-8-14/h3-11,21H,12-13H2,1-2H3,(H,22,23). The van der Waals surface area contributed by atoms with Crippen molar-refractivity contribution in [3.8, 4) is 22.9 Å². The van der Waals surface area contributed by atoms with E-state index in [0.29, 0.717) is 23.8 Å². The topological polar surface area (TPSA) is 67.5 Å². The van der Waals surface area contributed by atoms with Crippen molar-refractivity contribution in [2.24, 2.45) is 0 Å². The lowest BCUT2D eigenvalue weighted by atomic mass is 10.1. The summed E-state index contributed by atoms with van der Waals surface area (Å²) in [5.74, 6) is 2.65. The van der Waals surface area contributed by atoms with Crippen LogP contribution in [0.3, 0.4) is 0 Å². The van der Waals surface area contributed by atoms with E-state index >= 15 is 0 Å². The Morgan fingerprint density at radius 3 is 2.71 bits per heavy atom. The summed E-state index contributed by atoms with van der Waals surface area (Å²) < 4.78 is 10.9. The summed E-state index contributed by atoms with van der Waals surface area (Å²) in [6, 6.07) is 15.7. The Morgan fingerprint density at radius 1 is 1.14 bits per heavy atom. The zero-order chi connectivity index (χ0) is 19.5. The van der Waals surface area contributed by atoms with Crippen molar-refractivity contribution in [3.05, 3.63) is 66.0 Å². The number of hydrogen-bond donors (Lipinski definition) is 1. The molecule has 1 atom stereocenters. The third-order valence-electron chi connectivity index (χ3n) is 4.70. The summed E-state index contributed by atoms with van der Waals surface area (Å²) >= 11 is 1.60. The van der Waals surface area contributed by atoms with E-state index in [9.17, 15) is 4.79 Å². The molecule has 4 rings (SSSR count). The second-order valence-corrected chi connectivity index (χ2v) is 7.46. The van der Waals surface area contributed by atoms with E-state index in [1.54, 1.807) is 26.0 Å². The molecular formula is C21H21N3O3S. The summed E-state index contributed by atoms with van der Waals surface area (Å²) in [7, 11) is 3.22. The van der Waals surface area contributed by atoms with Gasteiger partial charge < -0.3 is 19.4 Å². The van der Waals surface area contributed by atoms with Crippen molar-refractivity contribution >= 4 is 17.7 Å².